The van der Waals surface area contributed by atoms with E-state index in [1.165, 1.54) is 12.3 Å². The standard InChI is InChI=1S/C12H14ClN5O/c13-10-8-16-11(14)7-9(10)12(19)15-3-1-5-18-6-2-4-17-18/h2,4,6-8H,1,3,5H2,(H2,14,16)(H,15,19). The summed E-state index contributed by atoms with van der Waals surface area (Å²) in [5.41, 5.74) is 5.86. The first kappa shape index (κ1) is 13.4. The van der Waals surface area contributed by atoms with Crippen LogP contribution in [0.3, 0.4) is 0 Å². The fraction of sp³-hybridized carbons (Fsp3) is 0.250. The number of nitrogens with zero attached hydrogens (tertiary/aromatic N) is 3. The molecule has 100 valence electrons. The van der Waals surface area contributed by atoms with Crippen molar-refractivity contribution in [2.24, 2.45) is 0 Å². The maximum Gasteiger partial charge on any atom is 0.252 e. The van der Waals surface area contributed by atoms with Gasteiger partial charge in [0.15, 0.2) is 0 Å². The van der Waals surface area contributed by atoms with E-state index < -0.39 is 0 Å². The number of nitrogens with one attached hydrogen (secondary N) is 1. The Balaban J connectivity index is 1.82. The van der Waals surface area contributed by atoms with Crippen molar-refractivity contribution < 1.29 is 4.79 Å². The fourth-order valence-electron chi connectivity index (χ4n) is 1.60. The van der Waals surface area contributed by atoms with Gasteiger partial charge in [0.25, 0.3) is 5.91 Å². The highest BCUT2D eigenvalue weighted by Crippen LogP contribution is 2.16. The molecule has 0 aliphatic carbocycles. The SMILES string of the molecule is Nc1cc(C(=O)NCCCn2cccn2)c(Cl)cn1. The molecular weight excluding hydrogens is 266 g/mol. The van der Waals surface area contributed by atoms with Gasteiger partial charge in [-0.2, -0.15) is 5.10 Å². The highest BCUT2D eigenvalue weighted by molar-refractivity contribution is 6.33. The van der Waals surface area contributed by atoms with Crippen LogP contribution in [-0.2, 0) is 6.54 Å². The molecule has 0 spiro atoms. The number of nitrogens with two attached hydrogens (primary N) is 1. The lowest BCUT2D eigenvalue weighted by Gasteiger charge is -2.07. The maximum atomic E-state index is 11.9. The van der Waals surface area contributed by atoms with Gasteiger partial charge in [-0.15, -0.1) is 0 Å². The molecule has 0 unspecified atom stereocenters. The van der Waals surface area contributed by atoms with Gasteiger partial charge in [0, 0.05) is 31.7 Å². The van der Waals surface area contributed by atoms with Gasteiger partial charge >= 0.3 is 0 Å². The van der Waals surface area contributed by atoms with Crippen LogP contribution in [0.15, 0.2) is 30.7 Å². The molecule has 3 N–H and O–H groups in total. The largest absolute Gasteiger partial charge is 0.384 e. The summed E-state index contributed by atoms with van der Waals surface area (Å²) in [6, 6.07) is 3.32. The number of carbonyl (C=O) groups is 1. The summed E-state index contributed by atoms with van der Waals surface area (Å²) in [5.74, 6) is 0.0191. The molecule has 0 fully saturated rings. The lowest BCUT2D eigenvalue weighted by atomic mass is 10.2. The molecule has 0 saturated heterocycles. The molecule has 0 aromatic carbocycles. The third-order valence-electron chi connectivity index (χ3n) is 2.53. The molecule has 0 aliphatic rings. The number of pyridine rings is 1. The third kappa shape index (κ3) is 3.69. The van der Waals surface area contributed by atoms with Gasteiger partial charge in [-0.25, -0.2) is 4.98 Å². The zero-order chi connectivity index (χ0) is 13.7. The summed E-state index contributed by atoms with van der Waals surface area (Å²) in [6.07, 6.45) is 5.75. The van der Waals surface area contributed by atoms with E-state index in [9.17, 15) is 4.79 Å². The van der Waals surface area contributed by atoms with Crippen molar-refractivity contribution in [2.45, 2.75) is 13.0 Å². The van der Waals surface area contributed by atoms with Crippen molar-refractivity contribution >= 4 is 23.3 Å². The Morgan fingerprint density at radius 1 is 1.53 bits per heavy atom. The quantitative estimate of drug-likeness (QED) is 0.809. The number of carbonyl (C=O) groups excluding carboxylic acids is 1. The number of nitrogen functional groups attached to an aromatic ring is 1. The van der Waals surface area contributed by atoms with E-state index in [4.69, 9.17) is 17.3 Å². The van der Waals surface area contributed by atoms with Crippen LogP contribution in [0.1, 0.15) is 16.8 Å². The van der Waals surface area contributed by atoms with Gasteiger partial charge < -0.3 is 11.1 Å². The average molecular weight is 280 g/mol. The number of hydrogen-bond acceptors (Lipinski definition) is 4. The Morgan fingerprint density at radius 2 is 2.37 bits per heavy atom. The normalized spacial score (nSPS) is 10.4. The molecule has 0 atom stereocenters. The Bertz CT molecular complexity index is 555. The predicted octanol–water partition coefficient (Wildman–Crippen LogP) is 1.33. The van der Waals surface area contributed by atoms with Crippen LogP contribution in [0.4, 0.5) is 5.82 Å². The topological polar surface area (TPSA) is 85.8 Å². The van der Waals surface area contributed by atoms with Crippen molar-refractivity contribution in [1.82, 2.24) is 20.1 Å². The van der Waals surface area contributed by atoms with Crippen LogP contribution >= 0.6 is 11.6 Å². The van der Waals surface area contributed by atoms with Crippen molar-refractivity contribution in [3.8, 4) is 0 Å². The van der Waals surface area contributed by atoms with E-state index in [1.807, 2.05) is 16.9 Å². The van der Waals surface area contributed by atoms with Crippen LogP contribution in [0.2, 0.25) is 5.02 Å². The molecule has 1 amide bonds. The minimum atomic E-state index is -0.250. The highest BCUT2D eigenvalue weighted by atomic mass is 35.5. The summed E-state index contributed by atoms with van der Waals surface area (Å²) in [4.78, 5) is 15.7. The predicted molar refractivity (Wildman–Crippen MR) is 72.8 cm³/mol. The molecule has 2 heterocycles. The van der Waals surface area contributed by atoms with Crippen molar-refractivity contribution in [2.75, 3.05) is 12.3 Å². The number of rotatable bonds is 5. The first-order valence-corrected chi connectivity index (χ1v) is 6.21. The van der Waals surface area contributed by atoms with Gasteiger partial charge in [0.05, 0.1) is 10.6 Å². The van der Waals surface area contributed by atoms with Crippen LogP contribution in [0, 0.1) is 0 Å². The monoisotopic (exact) mass is 279 g/mol. The molecule has 7 heteroatoms. The van der Waals surface area contributed by atoms with Crippen LogP contribution in [-0.4, -0.2) is 27.2 Å². The second kappa shape index (κ2) is 6.19. The van der Waals surface area contributed by atoms with Crippen LogP contribution in [0.5, 0.6) is 0 Å². The smallest absolute Gasteiger partial charge is 0.252 e. The summed E-state index contributed by atoms with van der Waals surface area (Å²) in [7, 11) is 0. The van der Waals surface area contributed by atoms with Crippen LogP contribution < -0.4 is 11.1 Å². The first-order chi connectivity index (χ1) is 9.16. The molecule has 2 aromatic heterocycles. The number of halogens is 1. The van der Waals surface area contributed by atoms with Crippen molar-refractivity contribution in [3.63, 3.8) is 0 Å². The Hall–Kier alpha value is -2.08. The molecule has 0 bridgehead atoms. The average Bonchev–Trinajstić information content (AvgIpc) is 2.90. The number of aryl methyl sites for hydroxylation is 1. The number of amides is 1. The lowest BCUT2D eigenvalue weighted by Crippen LogP contribution is -2.25. The molecule has 19 heavy (non-hydrogen) atoms. The Morgan fingerprint density at radius 3 is 3.11 bits per heavy atom. The minimum absolute atomic E-state index is 0.250. The van der Waals surface area contributed by atoms with E-state index in [0.29, 0.717) is 17.1 Å². The lowest BCUT2D eigenvalue weighted by molar-refractivity contribution is 0.0952. The zero-order valence-electron chi connectivity index (χ0n) is 10.2. The van der Waals surface area contributed by atoms with E-state index in [-0.39, 0.29) is 11.7 Å². The second-order valence-electron chi connectivity index (χ2n) is 3.97. The van der Waals surface area contributed by atoms with E-state index in [1.54, 1.807) is 6.20 Å². The fourth-order valence-corrected chi connectivity index (χ4v) is 1.79. The van der Waals surface area contributed by atoms with Gasteiger partial charge in [0.2, 0.25) is 0 Å². The Kier molecular flexibility index (Phi) is 4.35. The summed E-state index contributed by atoms with van der Waals surface area (Å²) in [6.45, 7) is 1.29. The summed E-state index contributed by atoms with van der Waals surface area (Å²) in [5, 5.41) is 7.15. The van der Waals surface area contributed by atoms with Gasteiger partial charge in [-0.05, 0) is 18.6 Å². The first-order valence-electron chi connectivity index (χ1n) is 5.83. The summed E-state index contributed by atoms with van der Waals surface area (Å²) >= 11 is 5.89. The zero-order valence-corrected chi connectivity index (χ0v) is 11.0. The molecule has 0 saturated carbocycles. The number of hydrogen-bond donors (Lipinski definition) is 2. The maximum absolute atomic E-state index is 11.9. The van der Waals surface area contributed by atoms with E-state index in [0.717, 1.165) is 13.0 Å². The molecule has 0 aliphatic heterocycles. The van der Waals surface area contributed by atoms with Gasteiger partial charge in [-0.3, -0.25) is 9.48 Å². The number of aromatic nitrogens is 3. The highest BCUT2D eigenvalue weighted by Gasteiger charge is 2.10. The van der Waals surface area contributed by atoms with Crippen LogP contribution in [0.25, 0.3) is 0 Å². The molecular formula is C12H14ClN5O. The van der Waals surface area contributed by atoms with E-state index >= 15 is 0 Å². The van der Waals surface area contributed by atoms with Crippen molar-refractivity contribution in [3.05, 3.63) is 41.3 Å². The second-order valence-corrected chi connectivity index (χ2v) is 4.37. The number of anilines is 1. The van der Waals surface area contributed by atoms with Gasteiger partial charge in [-0.1, -0.05) is 11.6 Å². The molecule has 0 radical (unpaired) electrons. The van der Waals surface area contributed by atoms with Gasteiger partial charge in [0.1, 0.15) is 5.82 Å². The molecule has 6 nitrogen and oxygen atoms in total. The summed E-state index contributed by atoms with van der Waals surface area (Å²) < 4.78 is 1.81. The van der Waals surface area contributed by atoms with E-state index in [2.05, 4.69) is 15.4 Å². The molecule has 2 aromatic rings. The van der Waals surface area contributed by atoms with Crippen molar-refractivity contribution in [1.29, 1.82) is 0 Å². The Labute approximate surface area is 115 Å². The third-order valence-corrected chi connectivity index (χ3v) is 2.83. The molecule has 2 rings (SSSR count). The minimum Gasteiger partial charge on any atom is -0.384 e.